The van der Waals surface area contributed by atoms with Gasteiger partial charge < -0.3 is 14.6 Å². The zero-order chi connectivity index (χ0) is 46.5. The number of benzene rings is 7. The third kappa shape index (κ3) is 7.57. The summed E-state index contributed by atoms with van der Waals surface area (Å²) in [5.74, 6) is -0.0552. The first kappa shape index (κ1) is 43.3. The topological polar surface area (TPSA) is 48.5 Å². The number of hydrogen-bond donors (Lipinski definition) is 1. The van der Waals surface area contributed by atoms with E-state index < -0.39 is 0 Å². The summed E-state index contributed by atoms with van der Waals surface area (Å²) >= 11 is 1.80. The Bertz CT molecular complexity index is 3520. The molecule has 3 heterocycles. The fourth-order valence-electron chi connectivity index (χ4n) is 10.6. The van der Waals surface area contributed by atoms with E-state index in [-0.39, 0.29) is 11.5 Å². The Labute approximate surface area is 402 Å². The van der Waals surface area contributed by atoms with Crippen LogP contribution in [-0.2, 0) is 11.3 Å². The lowest BCUT2D eigenvalue weighted by atomic mass is 9.82. The summed E-state index contributed by atoms with van der Waals surface area (Å²) in [6.45, 7) is 9.99. The molecule has 336 valence electrons. The second-order valence-corrected chi connectivity index (χ2v) is 19.7. The summed E-state index contributed by atoms with van der Waals surface area (Å²) in [5.41, 5.74) is 12.9. The van der Waals surface area contributed by atoms with Gasteiger partial charge in [0.1, 0.15) is 17.3 Å². The zero-order valence-electron chi connectivity index (χ0n) is 39.4. The molecule has 0 saturated carbocycles. The Kier molecular flexibility index (Phi) is 11.5. The van der Waals surface area contributed by atoms with Crippen LogP contribution < -0.4 is 10.2 Å². The molecule has 2 aliphatic rings. The fourth-order valence-corrected chi connectivity index (χ4v) is 11.7. The van der Waals surface area contributed by atoms with E-state index in [4.69, 9.17) is 0 Å². The van der Waals surface area contributed by atoms with Gasteiger partial charge in [0.15, 0.2) is 0 Å². The van der Waals surface area contributed by atoms with Crippen molar-refractivity contribution >= 4 is 82.9 Å². The van der Waals surface area contributed by atoms with Gasteiger partial charge >= 0.3 is 0 Å². The first-order valence-electron chi connectivity index (χ1n) is 24.3. The summed E-state index contributed by atoms with van der Waals surface area (Å²) in [7, 11) is 0. The van der Waals surface area contributed by atoms with Gasteiger partial charge in [0.05, 0.1) is 33.0 Å². The lowest BCUT2D eigenvalue weighted by Gasteiger charge is -2.24. The molecule has 68 heavy (non-hydrogen) atoms. The van der Waals surface area contributed by atoms with Crippen molar-refractivity contribution in [1.29, 1.82) is 0 Å². The summed E-state index contributed by atoms with van der Waals surface area (Å²) in [6.07, 6.45) is 9.08. The number of anilines is 3. The molecule has 0 radical (unpaired) electrons. The van der Waals surface area contributed by atoms with E-state index in [9.17, 15) is 9.90 Å². The van der Waals surface area contributed by atoms with Gasteiger partial charge in [-0.15, -0.1) is 11.3 Å². The van der Waals surface area contributed by atoms with Crippen LogP contribution in [0.1, 0.15) is 74.6 Å². The van der Waals surface area contributed by atoms with Gasteiger partial charge in [-0.05, 0) is 104 Å². The quantitative estimate of drug-likeness (QED) is 0.0633. The zero-order valence-corrected chi connectivity index (χ0v) is 40.2. The fraction of sp³-hybridized carbons (Fsp3) is 0.194. The van der Waals surface area contributed by atoms with Gasteiger partial charge in [-0.3, -0.25) is 4.79 Å². The van der Waals surface area contributed by atoms with E-state index in [1.807, 2.05) is 19.1 Å². The summed E-state index contributed by atoms with van der Waals surface area (Å²) in [5, 5.41) is 20.0. The smallest absolute Gasteiger partial charge is 0.214 e. The summed E-state index contributed by atoms with van der Waals surface area (Å²) in [6, 6.07) is 56.4. The maximum atomic E-state index is 14.7. The van der Waals surface area contributed by atoms with Gasteiger partial charge in [-0.25, -0.2) is 0 Å². The Morgan fingerprint density at radius 2 is 1.35 bits per heavy atom. The standard InChI is InChI=1S/C62H55N3O2S/c1-5-6-7-8-9-13-37-63-53-34-33-47(55-35-36-56(68-55)65(45-29-25-40(2)26-30-45)46-31-27-41(3)28-32-46)48-21-16-22-49(59(48)53)54(63)38-51-61(66)57(62(51)67)42(4)60-50-23-14-19-44-20-15-24-52(58(44)50)64(60)39-43-17-11-10-12-18-43/h10-12,14-36,38H,5-9,13,37,39H2,1-4H3/p+1. The van der Waals surface area contributed by atoms with Crippen molar-refractivity contribution in [3.05, 3.63) is 208 Å². The van der Waals surface area contributed by atoms with E-state index in [0.29, 0.717) is 17.7 Å². The van der Waals surface area contributed by atoms with E-state index in [2.05, 4.69) is 186 Å². The number of ketones is 1. The molecule has 0 unspecified atom stereocenters. The first-order chi connectivity index (χ1) is 33.3. The maximum absolute atomic E-state index is 14.7. The molecule has 6 heteroatoms. The molecule has 0 fully saturated rings. The third-order valence-corrected chi connectivity index (χ3v) is 15.2. The Balaban J connectivity index is 1.01. The molecular formula is C62H56N3O2S+. The molecule has 0 bridgehead atoms. The number of Topliss-reactive ketones (excluding diaryl/α,β-unsaturated/α-hetero) is 1. The van der Waals surface area contributed by atoms with Crippen molar-refractivity contribution in [3.8, 4) is 10.4 Å². The average molecular weight is 907 g/mol. The van der Waals surface area contributed by atoms with Gasteiger partial charge in [-0.1, -0.05) is 141 Å². The number of carbonyl (C=O) groups is 1. The van der Waals surface area contributed by atoms with Crippen molar-refractivity contribution < 1.29 is 14.5 Å². The number of aryl methyl sites for hydroxylation is 2. The molecule has 0 atom stereocenters. The second-order valence-electron chi connectivity index (χ2n) is 18.6. The van der Waals surface area contributed by atoms with Gasteiger partial charge in [0, 0.05) is 57.7 Å². The number of aromatic nitrogens is 1. The molecule has 9 aromatic rings. The van der Waals surface area contributed by atoms with Crippen LogP contribution in [0.15, 0.2) is 181 Å². The molecule has 11 rings (SSSR count). The number of carbonyl (C=O) groups excluding carboxylic acids is 1. The Morgan fingerprint density at radius 3 is 2.07 bits per heavy atom. The second kappa shape index (κ2) is 18.1. The van der Waals surface area contributed by atoms with Crippen LogP contribution in [0.4, 0.5) is 22.1 Å². The van der Waals surface area contributed by atoms with Crippen molar-refractivity contribution in [1.82, 2.24) is 4.57 Å². The van der Waals surface area contributed by atoms with Gasteiger partial charge in [-0.2, -0.15) is 4.58 Å². The molecule has 1 N–H and O–H groups in total. The molecule has 0 saturated heterocycles. The normalized spacial score (nSPS) is 14.6. The molecule has 1 aliphatic carbocycles. The van der Waals surface area contributed by atoms with Crippen LogP contribution in [0.3, 0.4) is 0 Å². The van der Waals surface area contributed by atoms with Crippen LogP contribution in [0, 0.1) is 13.8 Å². The van der Waals surface area contributed by atoms with Crippen molar-refractivity contribution in [3.63, 3.8) is 0 Å². The highest BCUT2D eigenvalue weighted by atomic mass is 32.1. The number of aliphatic hydroxyl groups excluding tert-OH is 1. The SMILES string of the molecule is CCCCCCCC[N+]1=C(/C=C2/C(=O)C(C(/C)=c3\c4cccc5cccc(c54)n3Cc3ccccc3)=C2O)c2cccc3c(-c4ccc(N(c5ccc(C)cc5)c5ccc(C)cc5)s4)ccc1c23. The number of aliphatic hydroxyl groups is 1. The maximum Gasteiger partial charge on any atom is 0.214 e. The predicted octanol–water partition coefficient (Wildman–Crippen LogP) is 15.5. The highest BCUT2D eigenvalue weighted by molar-refractivity contribution is 7.19. The summed E-state index contributed by atoms with van der Waals surface area (Å²) in [4.78, 5) is 18.2. The number of allylic oxidation sites excluding steroid dienone is 3. The Morgan fingerprint density at radius 1 is 0.676 bits per heavy atom. The van der Waals surface area contributed by atoms with E-state index in [1.165, 1.54) is 69.0 Å². The summed E-state index contributed by atoms with van der Waals surface area (Å²) < 4.78 is 4.73. The number of thiophene rings is 1. The molecule has 5 nitrogen and oxygen atoms in total. The molecule has 0 amide bonds. The average Bonchev–Trinajstić information content (AvgIpc) is 4.05. The monoisotopic (exact) mass is 906 g/mol. The number of rotatable bonds is 15. The van der Waals surface area contributed by atoms with Crippen molar-refractivity contribution in [2.75, 3.05) is 11.4 Å². The highest BCUT2D eigenvalue weighted by Gasteiger charge is 2.39. The third-order valence-electron chi connectivity index (χ3n) is 14.1. The molecule has 1 aliphatic heterocycles. The van der Waals surface area contributed by atoms with Gasteiger partial charge in [0.25, 0.3) is 0 Å². The van der Waals surface area contributed by atoms with Crippen LogP contribution in [0.25, 0.3) is 48.5 Å². The van der Waals surface area contributed by atoms with E-state index >= 15 is 0 Å². The minimum absolute atomic E-state index is 0.0662. The van der Waals surface area contributed by atoms with Crippen LogP contribution in [0.5, 0.6) is 0 Å². The van der Waals surface area contributed by atoms with Crippen LogP contribution in [-0.4, -0.2) is 32.3 Å². The largest absolute Gasteiger partial charge is 0.506 e. The number of nitrogens with zero attached hydrogens (tertiary/aromatic N) is 3. The Hall–Kier alpha value is -7.28. The molecule has 2 aromatic heterocycles. The van der Waals surface area contributed by atoms with Crippen molar-refractivity contribution in [2.45, 2.75) is 72.8 Å². The number of unbranched alkanes of at least 4 members (excludes halogenated alkanes) is 5. The molecule has 0 spiro atoms. The van der Waals surface area contributed by atoms with E-state index in [1.54, 1.807) is 11.3 Å². The van der Waals surface area contributed by atoms with Crippen LogP contribution in [0.2, 0.25) is 0 Å². The predicted molar refractivity (Wildman–Crippen MR) is 286 cm³/mol. The molecule has 7 aromatic carbocycles. The lowest BCUT2D eigenvalue weighted by molar-refractivity contribution is -0.436. The lowest BCUT2D eigenvalue weighted by Crippen LogP contribution is -2.29. The minimum atomic E-state index is -0.121. The highest BCUT2D eigenvalue weighted by Crippen LogP contribution is 2.47. The minimum Gasteiger partial charge on any atom is -0.506 e. The number of hydrogen-bond acceptors (Lipinski definition) is 4. The van der Waals surface area contributed by atoms with Crippen molar-refractivity contribution in [2.24, 2.45) is 0 Å². The van der Waals surface area contributed by atoms with E-state index in [0.717, 1.165) is 79.9 Å². The first-order valence-corrected chi connectivity index (χ1v) is 25.1. The van der Waals surface area contributed by atoms with Crippen LogP contribution >= 0.6 is 11.3 Å². The van der Waals surface area contributed by atoms with Gasteiger partial charge in [0.2, 0.25) is 17.2 Å². The molecular weight excluding hydrogens is 851 g/mol.